The maximum Gasteiger partial charge on any atom is 0.236 e. The number of anilines is 4. The molecule has 2 fully saturated rings. The van der Waals surface area contributed by atoms with Crippen LogP contribution in [0.2, 0.25) is 0 Å². The molecular weight excluding hydrogens is 620 g/mol. The molecule has 13 nitrogen and oxygen atoms in total. The van der Waals surface area contributed by atoms with E-state index in [-0.39, 0.29) is 28.8 Å². The number of likely N-dealkylation sites (tertiary alicyclic amines) is 2. The molecule has 0 unspecified atom stereocenters. The third-order valence-electron chi connectivity index (χ3n) is 9.04. The first-order valence-corrected chi connectivity index (χ1v) is 17.5. The van der Waals surface area contributed by atoms with E-state index in [4.69, 9.17) is 4.74 Å². The molecule has 0 saturated carbocycles. The number of aromatic nitrogens is 4. The number of benzene rings is 2. The van der Waals surface area contributed by atoms with E-state index in [2.05, 4.69) is 38.7 Å². The van der Waals surface area contributed by atoms with Gasteiger partial charge in [0, 0.05) is 32.2 Å². The standard InChI is InChI=1S/C33H42N8O5S/c1-21(2)47(44,45)29-8-6-5-7-26(29)36-33-38-32(37-30-9-13-34-41(30)33)35-27-17-22(3)25(18-28(27)46-4)23-10-15-40(16-11-23)31(43)20-39-14-12-24(42)19-39/h5-9,13,17-18,21,23-24,42H,10-12,14-16,19-20H2,1-4H3,(H2,35,36,37,38)/t24-/m1/s1. The molecule has 6 rings (SSSR count). The number of aliphatic hydroxyl groups excluding tert-OH is 1. The number of amides is 1. The number of nitrogens with zero attached hydrogens (tertiary/aromatic N) is 6. The lowest BCUT2D eigenvalue weighted by Crippen LogP contribution is -2.43. The Morgan fingerprint density at radius 2 is 1.81 bits per heavy atom. The predicted molar refractivity (Wildman–Crippen MR) is 179 cm³/mol. The van der Waals surface area contributed by atoms with Gasteiger partial charge in [-0.2, -0.15) is 19.6 Å². The lowest BCUT2D eigenvalue weighted by molar-refractivity contribution is -0.133. The lowest BCUT2D eigenvalue weighted by atomic mass is 9.86. The lowest BCUT2D eigenvalue weighted by Gasteiger charge is -2.34. The fourth-order valence-corrected chi connectivity index (χ4v) is 7.57. The number of ether oxygens (including phenoxy) is 1. The molecule has 14 heteroatoms. The largest absolute Gasteiger partial charge is 0.495 e. The highest BCUT2D eigenvalue weighted by Crippen LogP contribution is 2.38. The fourth-order valence-electron chi connectivity index (χ4n) is 6.37. The van der Waals surface area contributed by atoms with Crippen molar-refractivity contribution in [3.63, 3.8) is 0 Å². The highest BCUT2D eigenvalue weighted by atomic mass is 32.2. The fraction of sp³-hybridized carbons (Fsp3) is 0.455. The van der Waals surface area contributed by atoms with Crippen LogP contribution in [0.25, 0.3) is 5.65 Å². The van der Waals surface area contributed by atoms with Crippen LogP contribution in [0.15, 0.2) is 53.6 Å². The van der Waals surface area contributed by atoms with Gasteiger partial charge in [-0.05, 0) is 81.3 Å². The van der Waals surface area contributed by atoms with Crippen molar-refractivity contribution in [1.29, 1.82) is 0 Å². The van der Waals surface area contributed by atoms with Gasteiger partial charge in [-0.15, -0.1) is 0 Å². The number of fused-ring (bicyclic) bond motifs is 1. The zero-order chi connectivity index (χ0) is 33.3. The smallest absolute Gasteiger partial charge is 0.236 e. The van der Waals surface area contributed by atoms with E-state index in [9.17, 15) is 18.3 Å². The van der Waals surface area contributed by atoms with Crippen LogP contribution in [0, 0.1) is 6.92 Å². The first-order valence-electron chi connectivity index (χ1n) is 16.0. The molecule has 2 aliphatic rings. The second kappa shape index (κ2) is 13.5. The minimum absolute atomic E-state index is 0.125. The van der Waals surface area contributed by atoms with Gasteiger partial charge in [-0.25, -0.2) is 8.42 Å². The number of β-amino-alcohol motifs (C(OH)–C–C–N with tert-alkyl or cyclic N) is 1. The average molecular weight is 663 g/mol. The van der Waals surface area contributed by atoms with Gasteiger partial charge in [0.2, 0.25) is 17.8 Å². The number of nitrogens with one attached hydrogen (secondary N) is 2. The second-order valence-electron chi connectivity index (χ2n) is 12.6. The SMILES string of the molecule is COc1cc(C2CCN(C(=O)CN3CC[C@@H](O)C3)CC2)c(C)cc1Nc1nc(Nc2ccccc2S(=O)(=O)C(C)C)n2nccc2n1. The van der Waals surface area contributed by atoms with Crippen LogP contribution in [0.5, 0.6) is 5.75 Å². The Labute approximate surface area is 274 Å². The Balaban J connectivity index is 1.20. The van der Waals surface area contributed by atoms with Crippen molar-refractivity contribution in [2.24, 2.45) is 0 Å². The van der Waals surface area contributed by atoms with Crippen molar-refractivity contribution in [2.75, 3.05) is 50.5 Å². The number of rotatable bonds is 10. The number of hydrogen-bond donors (Lipinski definition) is 3. The van der Waals surface area contributed by atoms with Crippen LogP contribution in [0.3, 0.4) is 0 Å². The summed E-state index contributed by atoms with van der Waals surface area (Å²) in [5.74, 6) is 1.63. The van der Waals surface area contributed by atoms with Crippen LogP contribution >= 0.6 is 0 Å². The summed E-state index contributed by atoms with van der Waals surface area (Å²) in [6.07, 6.45) is 3.71. The highest BCUT2D eigenvalue weighted by molar-refractivity contribution is 7.92. The minimum Gasteiger partial charge on any atom is -0.495 e. The van der Waals surface area contributed by atoms with E-state index in [0.717, 1.165) is 31.4 Å². The highest BCUT2D eigenvalue weighted by Gasteiger charge is 2.29. The predicted octanol–water partition coefficient (Wildman–Crippen LogP) is 3.88. The number of carbonyl (C=O) groups excluding carboxylic acids is 1. The van der Waals surface area contributed by atoms with E-state index in [1.807, 2.05) is 15.9 Å². The first-order chi connectivity index (χ1) is 22.5. The maximum atomic E-state index is 13.1. The van der Waals surface area contributed by atoms with E-state index < -0.39 is 15.1 Å². The quantitative estimate of drug-likeness (QED) is 0.227. The molecule has 4 heterocycles. The molecule has 2 aromatic carbocycles. The van der Waals surface area contributed by atoms with E-state index >= 15 is 0 Å². The van der Waals surface area contributed by atoms with Crippen LogP contribution in [-0.2, 0) is 14.6 Å². The Hall–Kier alpha value is -4.27. The molecule has 250 valence electrons. The van der Waals surface area contributed by atoms with Gasteiger partial charge in [0.15, 0.2) is 15.5 Å². The van der Waals surface area contributed by atoms with Gasteiger partial charge in [0.25, 0.3) is 0 Å². The summed E-state index contributed by atoms with van der Waals surface area (Å²) in [7, 11) is -1.94. The Kier molecular flexibility index (Phi) is 9.35. The number of piperidine rings is 1. The molecule has 0 aliphatic carbocycles. The number of hydrogen-bond acceptors (Lipinski definition) is 11. The van der Waals surface area contributed by atoms with Crippen LogP contribution in [-0.4, -0.2) is 100 Å². The van der Waals surface area contributed by atoms with Crippen molar-refractivity contribution >= 4 is 44.7 Å². The topological polar surface area (TPSA) is 154 Å². The van der Waals surface area contributed by atoms with Crippen molar-refractivity contribution in [3.05, 3.63) is 59.8 Å². The summed E-state index contributed by atoms with van der Waals surface area (Å²) < 4.78 is 33.5. The molecule has 2 aliphatic heterocycles. The molecule has 1 amide bonds. The molecule has 47 heavy (non-hydrogen) atoms. The van der Waals surface area contributed by atoms with Gasteiger partial charge in [0.1, 0.15) is 5.75 Å². The minimum atomic E-state index is -3.57. The molecule has 1 atom stereocenters. The zero-order valence-electron chi connectivity index (χ0n) is 27.2. The molecule has 2 aromatic heterocycles. The van der Waals surface area contributed by atoms with Crippen LogP contribution < -0.4 is 15.4 Å². The van der Waals surface area contributed by atoms with Gasteiger partial charge in [0.05, 0.1) is 47.5 Å². The normalized spacial score (nSPS) is 17.8. The Morgan fingerprint density at radius 3 is 2.51 bits per heavy atom. The third kappa shape index (κ3) is 6.90. The number of aryl methyl sites for hydroxylation is 1. The summed E-state index contributed by atoms with van der Waals surface area (Å²) in [6, 6.07) is 12.5. The van der Waals surface area contributed by atoms with E-state index in [1.54, 1.807) is 57.5 Å². The van der Waals surface area contributed by atoms with E-state index in [1.165, 1.54) is 10.1 Å². The Morgan fingerprint density at radius 1 is 1.04 bits per heavy atom. The summed E-state index contributed by atoms with van der Waals surface area (Å²) in [5.41, 5.74) is 3.86. The van der Waals surface area contributed by atoms with Crippen molar-refractivity contribution < 1.29 is 23.1 Å². The first kappa shape index (κ1) is 32.7. The molecule has 3 N–H and O–H groups in total. The molecule has 2 saturated heterocycles. The van der Waals surface area contributed by atoms with Gasteiger partial charge < -0.3 is 25.4 Å². The Bertz CT molecular complexity index is 1870. The van der Waals surface area contributed by atoms with Crippen molar-refractivity contribution in [3.8, 4) is 5.75 Å². The summed E-state index contributed by atoms with van der Waals surface area (Å²) >= 11 is 0. The summed E-state index contributed by atoms with van der Waals surface area (Å²) in [4.78, 5) is 26.3. The molecule has 0 radical (unpaired) electrons. The molecule has 0 bridgehead atoms. The number of carbonyl (C=O) groups is 1. The van der Waals surface area contributed by atoms with Crippen molar-refractivity contribution in [2.45, 2.75) is 62.2 Å². The van der Waals surface area contributed by atoms with E-state index in [0.29, 0.717) is 54.9 Å². The second-order valence-corrected chi connectivity index (χ2v) is 15.0. The maximum absolute atomic E-state index is 13.1. The van der Waals surface area contributed by atoms with Gasteiger partial charge in [-0.3, -0.25) is 9.69 Å². The number of aliphatic hydroxyl groups is 1. The van der Waals surface area contributed by atoms with Gasteiger partial charge in [-0.1, -0.05) is 12.1 Å². The van der Waals surface area contributed by atoms with Crippen LogP contribution in [0.1, 0.15) is 50.2 Å². The molecule has 4 aromatic rings. The average Bonchev–Trinajstić information content (AvgIpc) is 3.70. The number of para-hydroxylation sites is 1. The zero-order valence-corrected chi connectivity index (χ0v) is 28.0. The molecular formula is C33H42N8O5S. The third-order valence-corrected chi connectivity index (χ3v) is 11.3. The van der Waals surface area contributed by atoms with Crippen LogP contribution in [0.4, 0.5) is 23.3 Å². The van der Waals surface area contributed by atoms with Crippen molar-refractivity contribution in [1.82, 2.24) is 29.4 Å². The summed E-state index contributed by atoms with van der Waals surface area (Å²) in [6.45, 7) is 8.45. The number of methoxy groups -OCH3 is 1. The summed E-state index contributed by atoms with van der Waals surface area (Å²) in [5, 5.41) is 20.0. The number of sulfone groups is 1. The monoisotopic (exact) mass is 662 g/mol. The molecule has 0 spiro atoms. The van der Waals surface area contributed by atoms with Gasteiger partial charge >= 0.3 is 0 Å².